The molecule has 2 aromatic carbocycles. The fraction of sp³-hybridized carbons (Fsp3) is 0.0625. The molecule has 0 fully saturated rings. The van der Waals surface area contributed by atoms with Crippen LogP contribution >= 0.6 is 11.9 Å². The van der Waals surface area contributed by atoms with Gasteiger partial charge in [-0.15, -0.1) is 0 Å². The van der Waals surface area contributed by atoms with Gasteiger partial charge < -0.3 is 10.7 Å². The summed E-state index contributed by atoms with van der Waals surface area (Å²) in [6.07, 6.45) is 1.85. The number of aromatic amines is 1. The maximum absolute atomic E-state index is 13.3. The fourth-order valence-electron chi connectivity index (χ4n) is 2.77. The summed E-state index contributed by atoms with van der Waals surface area (Å²) in [4.78, 5) is 15.6. The highest BCUT2D eigenvalue weighted by Crippen LogP contribution is 2.38. The number of carbonyl (C=O) groups excluding carboxylic acids is 1. The van der Waals surface area contributed by atoms with Crippen LogP contribution in [0.15, 0.2) is 47.5 Å². The lowest BCUT2D eigenvalue weighted by molar-refractivity contribution is -0.119. The average Bonchev–Trinajstić information content (AvgIpc) is 3.09. The summed E-state index contributed by atoms with van der Waals surface area (Å²) in [5.41, 5.74) is 8.99. The Morgan fingerprint density at radius 2 is 2.09 bits per heavy atom. The topological polar surface area (TPSA) is 70.9 Å². The zero-order valence-corrected chi connectivity index (χ0v) is 12.2. The van der Waals surface area contributed by atoms with Crippen LogP contribution in [0.5, 0.6) is 0 Å². The van der Waals surface area contributed by atoms with E-state index in [9.17, 15) is 9.18 Å². The molecule has 4 nitrogen and oxygen atoms in total. The van der Waals surface area contributed by atoms with Crippen molar-refractivity contribution in [3.8, 4) is 11.1 Å². The smallest absolute Gasteiger partial charge is 0.240 e. The molecule has 0 saturated heterocycles. The van der Waals surface area contributed by atoms with Gasteiger partial charge in [-0.3, -0.25) is 4.79 Å². The Hall–Kier alpha value is -2.31. The molecule has 0 bridgehead atoms. The lowest BCUT2D eigenvalue weighted by Crippen LogP contribution is -2.26. The summed E-state index contributed by atoms with van der Waals surface area (Å²) >= 11 is 1.41. The van der Waals surface area contributed by atoms with Crippen LogP contribution in [0.25, 0.3) is 22.0 Å². The number of aromatic nitrogens is 1. The molecule has 4 N–H and O–H groups in total. The number of fused-ring (bicyclic) bond motifs is 2. The Morgan fingerprint density at radius 1 is 1.23 bits per heavy atom. The lowest BCUT2D eigenvalue weighted by Gasteiger charge is -2.08. The van der Waals surface area contributed by atoms with Gasteiger partial charge in [0.15, 0.2) is 0 Å². The second-order valence-corrected chi connectivity index (χ2v) is 6.08. The number of benzene rings is 2. The van der Waals surface area contributed by atoms with E-state index < -0.39 is 11.9 Å². The summed E-state index contributed by atoms with van der Waals surface area (Å²) in [6.45, 7) is 0. The van der Waals surface area contributed by atoms with Crippen molar-refractivity contribution in [3.63, 3.8) is 0 Å². The van der Waals surface area contributed by atoms with E-state index in [4.69, 9.17) is 5.73 Å². The molecule has 0 spiro atoms. The molecular formula is C16H12FN3OS. The zero-order valence-electron chi connectivity index (χ0n) is 11.4. The van der Waals surface area contributed by atoms with Gasteiger partial charge in [0.2, 0.25) is 5.91 Å². The van der Waals surface area contributed by atoms with Gasteiger partial charge in [-0.05, 0) is 53.4 Å². The van der Waals surface area contributed by atoms with Gasteiger partial charge in [-0.25, -0.2) is 9.11 Å². The number of halogens is 1. The van der Waals surface area contributed by atoms with Crippen molar-refractivity contribution in [3.05, 3.63) is 54.0 Å². The van der Waals surface area contributed by atoms with E-state index in [1.165, 1.54) is 24.1 Å². The molecule has 1 aliphatic rings. The highest BCUT2D eigenvalue weighted by atomic mass is 32.2. The zero-order chi connectivity index (χ0) is 15.3. The molecule has 110 valence electrons. The monoisotopic (exact) mass is 313 g/mol. The van der Waals surface area contributed by atoms with E-state index in [2.05, 4.69) is 9.71 Å². The van der Waals surface area contributed by atoms with Gasteiger partial charge in [0.25, 0.3) is 0 Å². The third kappa shape index (κ3) is 2.00. The van der Waals surface area contributed by atoms with Crippen LogP contribution in [-0.4, -0.2) is 10.9 Å². The van der Waals surface area contributed by atoms with Gasteiger partial charge in [0, 0.05) is 27.6 Å². The normalized spacial score (nSPS) is 16.9. The quantitative estimate of drug-likeness (QED) is 0.637. The van der Waals surface area contributed by atoms with Crippen molar-refractivity contribution < 1.29 is 9.18 Å². The summed E-state index contributed by atoms with van der Waals surface area (Å²) in [7, 11) is 0. The Bertz CT molecular complexity index is 906. The Balaban J connectivity index is 1.86. The van der Waals surface area contributed by atoms with Crippen LogP contribution in [0, 0.1) is 5.82 Å². The minimum atomic E-state index is -0.484. The van der Waals surface area contributed by atoms with Crippen LogP contribution in [0.4, 0.5) is 4.39 Å². The van der Waals surface area contributed by atoms with E-state index in [1.54, 1.807) is 6.07 Å². The fourth-order valence-corrected chi connectivity index (χ4v) is 3.69. The van der Waals surface area contributed by atoms with Crippen molar-refractivity contribution in [1.82, 2.24) is 9.71 Å². The molecule has 1 amide bonds. The molecule has 0 saturated carbocycles. The summed E-state index contributed by atoms with van der Waals surface area (Å²) < 4.78 is 16.3. The lowest BCUT2D eigenvalue weighted by atomic mass is 9.99. The molecule has 0 aliphatic carbocycles. The Kier molecular flexibility index (Phi) is 2.95. The third-order valence-corrected chi connectivity index (χ3v) is 4.79. The van der Waals surface area contributed by atoms with E-state index in [1.807, 2.05) is 24.4 Å². The molecule has 2 heterocycles. The van der Waals surface area contributed by atoms with Gasteiger partial charge in [-0.2, -0.15) is 0 Å². The number of hydrogen-bond acceptors (Lipinski definition) is 3. The number of amides is 1. The predicted octanol–water partition coefficient (Wildman–Crippen LogP) is 3.11. The molecule has 22 heavy (non-hydrogen) atoms. The summed E-state index contributed by atoms with van der Waals surface area (Å²) in [6, 6.07) is 10.1. The molecular weight excluding hydrogens is 301 g/mol. The van der Waals surface area contributed by atoms with E-state index >= 15 is 0 Å². The van der Waals surface area contributed by atoms with Crippen molar-refractivity contribution in [1.29, 1.82) is 0 Å². The molecule has 3 aromatic rings. The maximum Gasteiger partial charge on any atom is 0.240 e. The number of carbonyl (C=O) groups is 1. The number of nitrogens with two attached hydrogens (primary N) is 1. The number of nitrogens with one attached hydrogen (secondary N) is 2. The molecule has 1 atom stereocenters. The van der Waals surface area contributed by atoms with E-state index in [-0.39, 0.29) is 5.82 Å². The highest BCUT2D eigenvalue weighted by Gasteiger charge is 2.27. The summed E-state index contributed by atoms with van der Waals surface area (Å²) in [5.74, 6) is -0.673. The van der Waals surface area contributed by atoms with Crippen LogP contribution < -0.4 is 10.5 Å². The number of H-pyrrole nitrogens is 1. The van der Waals surface area contributed by atoms with Crippen molar-refractivity contribution in [2.45, 2.75) is 10.9 Å². The number of primary amides is 1. The number of rotatable bonds is 2. The van der Waals surface area contributed by atoms with Crippen LogP contribution in [0.1, 0.15) is 11.6 Å². The molecule has 0 radical (unpaired) electrons. The molecule has 1 aromatic heterocycles. The van der Waals surface area contributed by atoms with Gasteiger partial charge in [0.05, 0.1) is 0 Å². The largest absolute Gasteiger partial charge is 0.368 e. The van der Waals surface area contributed by atoms with Crippen LogP contribution in [0.2, 0.25) is 0 Å². The first-order valence-corrected chi connectivity index (χ1v) is 7.58. The van der Waals surface area contributed by atoms with E-state index in [0.29, 0.717) is 0 Å². The molecule has 1 unspecified atom stereocenters. The van der Waals surface area contributed by atoms with Crippen molar-refractivity contribution in [2.24, 2.45) is 5.73 Å². The minimum absolute atomic E-state index is 0.274. The van der Waals surface area contributed by atoms with Crippen LogP contribution in [-0.2, 0) is 4.79 Å². The SMILES string of the molecule is NC(=O)C1NSc2ccc(-c3c[nH]c4cc(F)ccc34)cc21. The van der Waals surface area contributed by atoms with Gasteiger partial charge in [-0.1, -0.05) is 6.07 Å². The maximum atomic E-state index is 13.3. The first kappa shape index (κ1) is 13.4. The standard InChI is InChI=1S/C16H12FN3OS/c17-9-2-3-10-12(7-19-13(10)6-9)8-1-4-14-11(5-8)15(16(18)21)20-22-14/h1-7,15,19-20H,(H2,18,21). The van der Waals surface area contributed by atoms with Crippen molar-refractivity contribution in [2.75, 3.05) is 0 Å². The predicted molar refractivity (Wildman–Crippen MR) is 84.6 cm³/mol. The van der Waals surface area contributed by atoms with Crippen LogP contribution in [0.3, 0.4) is 0 Å². The highest BCUT2D eigenvalue weighted by molar-refractivity contribution is 7.97. The number of hydrogen-bond donors (Lipinski definition) is 3. The molecule has 4 rings (SSSR count). The van der Waals surface area contributed by atoms with E-state index in [0.717, 1.165) is 32.5 Å². The molecule has 1 aliphatic heterocycles. The minimum Gasteiger partial charge on any atom is -0.368 e. The first-order valence-electron chi connectivity index (χ1n) is 6.76. The average molecular weight is 313 g/mol. The van der Waals surface area contributed by atoms with Crippen molar-refractivity contribution >= 4 is 28.8 Å². The van der Waals surface area contributed by atoms with Gasteiger partial charge in [0.1, 0.15) is 11.9 Å². The summed E-state index contributed by atoms with van der Waals surface area (Å²) in [5, 5.41) is 0.940. The first-order chi connectivity index (χ1) is 10.6. The Morgan fingerprint density at radius 3 is 2.91 bits per heavy atom. The second kappa shape index (κ2) is 4.86. The second-order valence-electron chi connectivity index (χ2n) is 5.20. The third-order valence-electron chi connectivity index (χ3n) is 3.85. The Labute approximate surface area is 130 Å². The van der Waals surface area contributed by atoms with Gasteiger partial charge >= 0.3 is 0 Å². The molecule has 6 heteroatoms.